The van der Waals surface area contributed by atoms with E-state index in [1.807, 2.05) is 13.8 Å². The first-order valence-corrected chi connectivity index (χ1v) is 3.33. The second kappa shape index (κ2) is 2.10. The SMILES string of the molecule is CC1[C@@H](O)CC(=O)[C@@H]1C. The zero-order valence-electron chi connectivity index (χ0n) is 5.79. The Morgan fingerprint density at radius 1 is 1.56 bits per heavy atom. The maximum Gasteiger partial charge on any atom is 0.138 e. The molecule has 1 N–H and O–H groups in total. The normalized spacial score (nSPS) is 43.9. The molecule has 0 spiro atoms. The number of hydrogen-bond donors (Lipinski definition) is 1. The summed E-state index contributed by atoms with van der Waals surface area (Å²) in [5.74, 6) is 0.437. The Morgan fingerprint density at radius 3 is 2.22 bits per heavy atom. The van der Waals surface area contributed by atoms with Crippen LogP contribution in [0.15, 0.2) is 0 Å². The summed E-state index contributed by atoms with van der Waals surface area (Å²) in [4.78, 5) is 10.8. The van der Waals surface area contributed by atoms with Gasteiger partial charge in [-0.2, -0.15) is 0 Å². The van der Waals surface area contributed by atoms with E-state index in [0.717, 1.165) is 0 Å². The van der Waals surface area contributed by atoms with E-state index in [-0.39, 0.29) is 23.7 Å². The quantitative estimate of drug-likeness (QED) is 0.518. The highest BCUT2D eigenvalue weighted by Gasteiger charge is 2.34. The highest BCUT2D eigenvalue weighted by molar-refractivity contribution is 5.83. The molecule has 3 atom stereocenters. The minimum absolute atomic E-state index is 0.0694. The fraction of sp³-hybridized carbons (Fsp3) is 0.857. The fourth-order valence-electron chi connectivity index (χ4n) is 1.20. The van der Waals surface area contributed by atoms with Crippen molar-refractivity contribution in [1.82, 2.24) is 0 Å². The van der Waals surface area contributed by atoms with E-state index in [1.54, 1.807) is 0 Å². The van der Waals surface area contributed by atoms with Gasteiger partial charge in [0.2, 0.25) is 0 Å². The third kappa shape index (κ3) is 0.990. The highest BCUT2D eigenvalue weighted by atomic mass is 16.3. The molecule has 1 fully saturated rings. The molecular formula is C7H12O2. The minimum atomic E-state index is -0.382. The molecule has 9 heavy (non-hydrogen) atoms. The van der Waals surface area contributed by atoms with Crippen molar-refractivity contribution in [2.45, 2.75) is 26.4 Å². The maximum atomic E-state index is 10.8. The standard InChI is InChI=1S/C7H12O2/c1-4-5(2)7(9)3-6(4)8/h4-6,8H,3H2,1-2H3/t4?,5-,6+/m1/s1. The average Bonchev–Trinajstić information content (AvgIpc) is 1.98. The smallest absolute Gasteiger partial charge is 0.138 e. The van der Waals surface area contributed by atoms with Crippen molar-refractivity contribution in [3.05, 3.63) is 0 Å². The van der Waals surface area contributed by atoms with Gasteiger partial charge in [-0.25, -0.2) is 0 Å². The molecule has 0 bridgehead atoms. The number of Topliss-reactive ketones (excluding diaryl/α,β-unsaturated/α-hetero) is 1. The Labute approximate surface area is 54.9 Å². The van der Waals surface area contributed by atoms with Gasteiger partial charge in [-0.15, -0.1) is 0 Å². The summed E-state index contributed by atoms with van der Waals surface area (Å²) < 4.78 is 0. The summed E-state index contributed by atoms with van der Waals surface area (Å²) in [6.45, 7) is 3.80. The number of hydrogen-bond acceptors (Lipinski definition) is 2. The van der Waals surface area contributed by atoms with Crippen LogP contribution in [0, 0.1) is 11.8 Å². The van der Waals surface area contributed by atoms with Crippen LogP contribution in [0.3, 0.4) is 0 Å². The van der Waals surface area contributed by atoms with E-state index in [0.29, 0.717) is 6.42 Å². The number of ketones is 1. The summed E-state index contributed by atoms with van der Waals surface area (Å²) in [5.41, 5.74) is 0. The number of aliphatic hydroxyl groups excluding tert-OH is 1. The molecular weight excluding hydrogens is 116 g/mol. The second-order valence-electron chi connectivity index (χ2n) is 2.89. The first-order chi connectivity index (χ1) is 4.13. The van der Waals surface area contributed by atoms with Crippen molar-refractivity contribution in [3.8, 4) is 0 Å². The van der Waals surface area contributed by atoms with E-state index < -0.39 is 0 Å². The van der Waals surface area contributed by atoms with Gasteiger partial charge in [-0.3, -0.25) is 4.79 Å². The zero-order chi connectivity index (χ0) is 7.02. The van der Waals surface area contributed by atoms with Crippen molar-refractivity contribution in [2.75, 3.05) is 0 Å². The van der Waals surface area contributed by atoms with Gasteiger partial charge < -0.3 is 5.11 Å². The van der Waals surface area contributed by atoms with Crippen LogP contribution in [0.5, 0.6) is 0 Å². The first-order valence-electron chi connectivity index (χ1n) is 3.33. The highest BCUT2D eigenvalue weighted by Crippen LogP contribution is 2.27. The first kappa shape index (κ1) is 6.75. The van der Waals surface area contributed by atoms with Gasteiger partial charge in [0, 0.05) is 12.3 Å². The zero-order valence-corrected chi connectivity index (χ0v) is 5.79. The monoisotopic (exact) mass is 128 g/mol. The van der Waals surface area contributed by atoms with Crippen LogP contribution in [0.25, 0.3) is 0 Å². The lowest BCUT2D eigenvalue weighted by atomic mass is 9.99. The van der Waals surface area contributed by atoms with Gasteiger partial charge in [-0.1, -0.05) is 13.8 Å². The van der Waals surface area contributed by atoms with Gasteiger partial charge in [0.1, 0.15) is 5.78 Å². The number of carbonyl (C=O) groups is 1. The molecule has 1 unspecified atom stereocenters. The third-order valence-corrected chi connectivity index (χ3v) is 2.31. The fourth-order valence-corrected chi connectivity index (χ4v) is 1.20. The van der Waals surface area contributed by atoms with Crippen molar-refractivity contribution >= 4 is 5.78 Å². The summed E-state index contributed by atoms with van der Waals surface area (Å²) in [6, 6.07) is 0. The van der Waals surface area contributed by atoms with E-state index in [2.05, 4.69) is 0 Å². The maximum absolute atomic E-state index is 10.8. The lowest BCUT2D eigenvalue weighted by Crippen LogP contribution is -2.13. The summed E-state index contributed by atoms with van der Waals surface area (Å²) >= 11 is 0. The summed E-state index contributed by atoms with van der Waals surface area (Å²) in [5, 5.41) is 9.12. The summed E-state index contributed by atoms with van der Waals surface area (Å²) in [6.07, 6.45) is -0.0185. The number of aliphatic hydroxyl groups is 1. The number of rotatable bonds is 0. The van der Waals surface area contributed by atoms with Crippen molar-refractivity contribution in [1.29, 1.82) is 0 Å². The van der Waals surface area contributed by atoms with E-state index in [9.17, 15) is 4.79 Å². The largest absolute Gasteiger partial charge is 0.392 e. The molecule has 0 aromatic heterocycles. The molecule has 1 aliphatic carbocycles. The Kier molecular flexibility index (Phi) is 1.58. The molecule has 0 aromatic rings. The van der Waals surface area contributed by atoms with E-state index in [4.69, 9.17) is 5.11 Å². The number of carbonyl (C=O) groups excluding carboxylic acids is 1. The molecule has 0 amide bonds. The van der Waals surface area contributed by atoms with Crippen LogP contribution in [-0.4, -0.2) is 17.0 Å². The van der Waals surface area contributed by atoms with E-state index >= 15 is 0 Å². The van der Waals surface area contributed by atoms with Crippen LogP contribution in [-0.2, 0) is 4.79 Å². The van der Waals surface area contributed by atoms with Crippen LogP contribution >= 0.6 is 0 Å². The molecule has 0 saturated heterocycles. The summed E-state index contributed by atoms with van der Waals surface area (Å²) in [7, 11) is 0. The van der Waals surface area contributed by atoms with Crippen molar-refractivity contribution in [2.24, 2.45) is 11.8 Å². The molecule has 0 aliphatic heterocycles. The van der Waals surface area contributed by atoms with Crippen molar-refractivity contribution in [3.63, 3.8) is 0 Å². The molecule has 1 rings (SSSR count). The molecule has 0 aromatic carbocycles. The lowest BCUT2D eigenvalue weighted by Gasteiger charge is -2.09. The third-order valence-electron chi connectivity index (χ3n) is 2.31. The average molecular weight is 128 g/mol. The predicted octanol–water partition coefficient (Wildman–Crippen LogP) is 0.592. The van der Waals surface area contributed by atoms with Gasteiger partial charge in [-0.05, 0) is 5.92 Å². The van der Waals surface area contributed by atoms with Gasteiger partial charge in [0.05, 0.1) is 6.10 Å². The van der Waals surface area contributed by atoms with Crippen LogP contribution in [0.1, 0.15) is 20.3 Å². The molecule has 2 nitrogen and oxygen atoms in total. The van der Waals surface area contributed by atoms with Crippen LogP contribution in [0.2, 0.25) is 0 Å². The topological polar surface area (TPSA) is 37.3 Å². The molecule has 0 radical (unpaired) electrons. The van der Waals surface area contributed by atoms with E-state index in [1.165, 1.54) is 0 Å². The Bertz CT molecular complexity index is 131. The molecule has 52 valence electrons. The Morgan fingerprint density at radius 2 is 2.11 bits per heavy atom. The van der Waals surface area contributed by atoms with Gasteiger partial charge in [0.15, 0.2) is 0 Å². The van der Waals surface area contributed by atoms with Crippen LogP contribution in [0.4, 0.5) is 0 Å². The van der Waals surface area contributed by atoms with Crippen LogP contribution < -0.4 is 0 Å². The van der Waals surface area contributed by atoms with Crippen molar-refractivity contribution < 1.29 is 9.90 Å². The molecule has 0 heterocycles. The Hall–Kier alpha value is -0.370. The minimum Gasteiger partial charge on any atom is -0.392 e. The molecule has 2 heteroatoms. The molecule has 1 aliphatic rings. The van der Waals surface area contributed by atoms with Gasteiger partial charge in [0.25, 0.3) is 0 Å². The lowest BCUT2D eigenvalue weighted by molar-refractivity contribution is -0.120. The second-order valence-corrected chi connectivity index (χ2v) is 2.89. The Balaban J connectivity index is 2.65. The predicted molar refractivity (Wildman–Crippen MR) is 34.0 cm³/mol. The van der Waals surface area contributed by atoms with Gasteiger partial charge >= 0.3 is 0 Å². The molecule has 1 saturated carbocycles.